The van der Waals surface area contributed by atoms with Gasteiger partial charge in [0.05, 0.1) is 21.1 Å². The van der Waals surface area contributed by atoms with Crippen LogP contribution in [0.25, 0.3) is 0 Å². The zero-order chi connectivity index (χ0) is 24.6. The summed E-state index contributed by atoms with van der Waals surface area (Å²) in [4.78, 5) is 31.5. The van der Waals surface area contributed by atoms with E-state index in [9.17, 15) is 46.4 Å². The molecule has 2 aromatic rings. The number of anilines is 1. The number of aliphatic hydroxyl groups is 1. The Hall–Kier alpha value is -3.23. The number of nitrogens with one attached hydrogen (secondary N) is 1. The third-order valence-corrected chi connectivity index (χ3v) is 6.39. The summed E-state index contributed by atoms with van der Waals surface area (Å²) >= 11 is 5.82. The zero-order valence-corrected chi connectivity index (χ0v) is 17.2. The largest absolute Gasteiger partial charge is 0.478 e. The molecule has 3 N–H and O–H groups in total. The fourth-order valence-corrected chi connectivity index (χ4v) is 4.07. The third-order valence-electron chi connectivity index (χ3n) is 4.21. The molecule has 0 saturated carbocycles. The van der Waals surface area contributed by atoms with Crippen LogP contribution in [0.5, 0.6) is 0 Å². The zero-order valence-electron chi connectivity index (χ0n) is 15.7. The molecule has 0 aliphatic rings. The molecule has 0 aliphatic heterocycles. The van der Waals surface area contributed by atoms with E-state index in [0.717, 1.165) is 24.3 Å². The Kier molecular flexibility index (Phi) is 6.55. The second-order valence-corrected chi connectivity index (χ2v) is 8.68. The van der Waals surface area contributed by atoms with E-state index >= 15 is 0 Å². The van der Waals surface area contributed by atoms with Gasteiger partial charge < -0.3 is 15.5 Å². The van der Waals surface area contributed by atoms with Gasteiger partial charge in [-0.15, -0.1) is 0 Å². The van der Waals surface area contributed by atoms with Gasteiger partial charge in [-0.2, -0.15) is 13.2 Å². The number of carboxylic acid groups (broad SMARTS) is 1. The SMILES string of the molecule is CC(O)(C(=O)Nc1ccc(S(=O)(=O)c2ccc(C(=O)O)cc2)c([N+](=O)[O-])c1Cl)C(F)(F)F. The number of benzene rings is 2. The molecule has 2 rings (SSSR count). The summed E-state index contributed by atoms with van der Waals surface area (Å²) in [6.07, 6.45) is -5.39. The molecule has 1 unspecified atom stereocenters. The summed E-state index contributed by atoms with van der Waals surface area (Å²) in [6, 6.07) is 4.98. The predicted octanol–water partition coefficient (Wildman–Crippen LogP) is 3.03. The minimum Gasteiger partial charge on any atom is -0.478 e. The average Bonchev–Trinajstić information content (AvgIpc) is 2.67. The molecule has 0 spiro atoms. The van der Waals surface area contributed by atoms with Crippen LogP contribution in [0.3, 0.4) is 0 Å². The van der Waals surface area contributed by atoms with Crippen molar-refractivity contribution in [1.29, 1.82) is 0 Å². The van der Waals surface area contributed by atoms with Gasteiger partial charge in [0.15, 0.2) is 4.90 Å². The highest BCUT2D eigenvalue weighted by Gasteiger charge is 2.56. The molecule has 0 radical (unpaired) electrons. The molecular formula is C17H12ClF3N2O8S. The fraction of sp³-hybridized carbons (Fsp3) is 0.176. The molecule has 1 atom stereocenters. The molecule has 0 saturated heterocycles. The van der Waals surface area contributed by atoms with Gasteiger partial charge in [0.2, 0.25) is 15.4 Å². The molecule has 32 heavy (non-hydrogen) atoms. The smallest absolute Gasteiger partial charge is 0.426 e. The number of alkyl halides is 3. The standard InChI is InChI=1S/C17H12ClF3N2O8S/c1-16(27,17(19,20)21)15(26)22-10-6-7-11(13(12(10)18)23(28)29)32(30,31)9-4-2-8(3-5-9)14(24)25/h2-7,27H,1H3,(H,22,26)(H,24,25). The Morgan fingerprint density at radius 1 is 1.12 bits per heavy atom. The van der Waals surface area contributed by atoms with Crippen molar-refractivity contribution in [3.63, 3.8) is 0 Å². The van der Waals surface area contributed by atoms with E-state index in [1.54, 1.807) is 5.32 Å². The Bertz CT molecular complexity index is 1210. The topological polar surface area (TPSA) is 164 Å². The van der Waals surface area contributed by atoms with Crippen LogP contribution < -0.4 is 5.32 Å². The summed E-state index contributed by atoms with van der Waals surface area (Å²) in [5.41, 5.74) is -6.14. The maximum absolute atomic E-state index is 12.8. The Balaban J connectivity index is 2.58. The normalized spacial score (nSPS) is 13.8. The first-order chi connectivity index (χ1) is 14.5. The van der Waals surface area contributed by atoms with E-state index in [1.807, 2.05) is 0 Å². The van der Waals surface area contributed by atoms with Crippen molar-refractivity contribution < 1.29 is 46.3 Å². The molecule has 0 fully saturated rings. The van der Waals surface area contributed by atoms with Gasteiger partial charge in [-0.25, -0.2) is 13.2 Å². The first kappa shape index (κ1) is 25.0. The van der Waals surface area contributed by atoms with Gasteiger partial charge in [0.1, 0.15) is 5.02 Å². The highest BCUT2D eigenvalue weighted by molar-refractivity contribution is 7.91. The minimum absolute atomic E-state index is 0.143. The van der Waals surface area contributed by atoms with Crippen LogP contribution in [0.2, 0.25) is 5.02 Å². The number of hydrogen-bond donors (Lipinski definition) is 3. The number of hydrogen-bond acceptors (Lipinski definition) is 7. The Morgan fingerprint density at radius 3 is 2.09 bits per heavy atom. The van der Waals surface area contributed by atoms with Crippen LogP contribution in [0.1, 0.15) is 17.3 Å². The Labute approximate surface area is 182 Å². The molecule has 172 valence electrons. The molecule has 0 aromatic heterocycles. The number of carboxylic acids is 1. The first-order valence-corrected chi connectivity index (χ1v) is 10.0. The van der Waals surface area contributed by atoms with E-state index in [4.69, 9.17) is 16.7 Å². The van der Waals surface area contributed by atoms with Crippen molar-refractivity contribution in [2.24, 2.45) is 0 Å². The van der Waals surface area contributed by atoms with Crippen LogP contribution in [0.15, 0.2) is 46.2 Å². The molecule has 1 amide bonds. The van der Waals surface area contributed by atoms with Gasteiger partial charge in [-0.05, 0) is 43.3 Å². The van der Waals surface area contributed by atoms with Gasteiger partial charge in [0.25, 0.3) is 5.91 Å². The molecule has 10 nitrogen and oxygen atoms in total. The maximum Gasteiger partial charge on any atom is 0.426 e. The van der Waals surface area contributed by atoms with Crippen molar-refractivity contribution in [3.8, 4) is 0 Å². The van der Waals surface area contributed by atoms with Crippen LogP contribution in [0.4, 0.5) is 24.5 Å². The van der Waals surface area contributed by atoms with Gasteiger partial charge in [-0.1, -0.05) is 11.6 Å². The van der Waals surface area contributed by atoms with Crippen molar-refractivity contribution in [2.75, 3.05) is 5.32 Å². The first-order valence-electron chi connectivity index (χ1n) is 8.17. The van der Waals surface area contributed by atoms with Gasteiger partial charge in [0, 0.05) is 0 Å². The van der Waals surface area contributed by atoms with E-state index in [2.05, 4.69) is 0 Å². The highest BCUT2D eigenvalue weighted by atomic mass is 35.5. The molecule has 2 aromatic carbocycles. The maximum atomic E-state index is 12.8. The quantitative estimate of drug-likeness (QED) is 0.405. The highest BCUT2D eigenvalue weighted by Crippen LogP contribution is 2.40. The predicted molar refractivity (Wildman–Crippen MR) is 102 cm³/mol. The summed E-state index contributed by atoms with van der Waals surface area (Å²) in [7, 11) is -4.64. The van der Waals surface area contributed by atoms with Crippen LogP contribution in [-0.4, -0.2) is 47.2 Å². The molecule has 15 heteroatoms. The van der Waals surface area contributed by atoms with Crippen molar-refractivity contribution >= 4 is 44.7 Å². The monoisotopic (exact) mass is 496 g/mol. The number of carbonyl (C=O) groups excluding carboxylic acids is 1. The summed E-state index contributed by atoms with van der Waals surface area (Å²) in [6.45, 7) is 0.143. The van der Waals surface area contributed by atoms with Crippen molar-refractivity contribution in [1.82, 2.24) is 0 Å². The third kappa shape index (κ3) is 4.51. The fourth-order valence-electron chi connectivity index (χ4n) is 2.31. The average molecular weight is 497 g/mol. The lowest BCUT2D eigenvalue weighted by Crippen LogP contribution is -2.52. The van der Waals surface area contributed by atoms with E-state index in [1.165, 1.54) is 0 Å². The number of nitro groups is 1. The molecular weight excluding hydrogens is 485 g/mol. The second kappa shape index (κ2) is 8.37. The van der Waals surface area contributed by atoms with E-state index in [0.29, 0.717) is 12.1 Å². The number of amides is 1. The van der Waals surface area contributed by atoms with Crippen molar-refractivity contribution in [2.45, 2.75) is 28.5 Å². The summed E-state index contributed by atoms with van der Waals surface area (Å²) in [5, 5.41) is 30.3. The second-order valence-electron chi connectivity index (χ2n) is 6.39. The van der Waals surface area contributed by atoms with E-state index < -0.39 is 64.6 Å². The lowest BCUT2D eigenvalue weighted by molar-refractivity contribution is -0.387. The van der Waals surface area contributed by atoms with Crippen LogP contribution >= 0.6 is 11.6 Å². The molecule has 0 bridgehead atoms. The molecule has 0 heterocycles. The van der Waals surface area contributed by atoms with Crippen LogP contribution in [-0.2, 0) is 14.6 Å². The van der Waals surface area contributed by atoms with Gasteiger partial charge >= 0.3 is 17.8 Å². The van der Waals surface area contributed by atoms with Gasteiger partial charge in [-0.3, -0.25) is 14.9 Å². The lowest BCUT2D eigenvalue weighted by atomic mass is 10.1. The number of nitro benzene ring substituents is 1. The van der Waals surface area contributed by atoms with Crippen molar-refractivity contribution in [3.05, 3.63) is 57.1 Å². The summed E-state index contributed by atoms with van der Waals surface area (Å²) < 4.78 is 64.1. The number of halogens is 4. The number of carbonyl (C=O) groups is 2. The number of aromatic carboxylic acids is 1. The Morgan fingerprint density at radius 2 is 1.66 bits per heavy atom. The van der Waals surface area contributed by atoms with E-state index in [-0.39, 0.29) is 12.5 Å². The lowest BCUT2D eigenvalue weighted by Gasteiger charge is -2.25. The number of rotatable bonds is 6. The van der Waals surface area contributed by atoms with Crippen LogP contribution in [0, 0.1) is 10.1 Å². The number of nitrogens with zero attached hydrogens (tertiary/aromatic N) is 1. The summed E-state index contributed by atoms with van der Waals surface area (Å²) in [5.74, 6) is -3.36. The number of sulfone groups is 1. The molecule has 0 aliphatic carbocycles. The minimum atomic E-state index is -5.39.